The second-order valence-electron chi connectivity index (χ2n) is 7.99. The monoisotopic (exact) mass is 534 g/mol. The Morgan fingerprint density at radius 1 is 1.11 bits per heavy atom. The molecule has 1 aliphatic rings. The average Bonchev–Trinajstić information content (AvgIpc) is 2.82. The SMILES string of the molecule is COc1ccc(Br)cc1C1C(C#N)=C(N)Oc2cc(OC(=O)COc3c(C)cccc3C)ccc21. The van der Waals surface area contributed by atoms with E-state index < -0.39 is 11.9 Å². The van der Waals surface area contributed by atoms with E-state index in [0.29, 0.717) is 22.8 Å². The minimum absolute atomic E-state index is 0.0196. The van der Waals surface area contributed by atoms with Crippen molar-refractivity contribution in [3.63, 3.8) is 0 Å². The number of nitrogens with two attached hydrogens (primary N) is 1. The Morgan fingerprint density at radius 2 is 1.86 bits per heavy atom. The first-order valence-corrected chi connectivity index (χ1v) is 11.6. The number of rotatable bonds is 6. The van der Waals surface area contributed by atoms with Crippen molar-refractivity contribution in [3.8, 4) is 29.1 Å². The molecular weight excluding hydrogens is 512 g/mol. The van der Waals surface area contributed by atoms with Crippen LogP contribution < -0.4 is 24.7 Å². The highest BCUT2D eigenvalue weighted by molar-refractivity contribution is 9.10. The minimum Gasteiger partial charge on any atom is -0.496 e. The van der Waals surface area contributed by atoms with Gasteiger partial charge in [-0.05, 0) is 49.2 Å². The number of hydrogen-bond donors (Lipinski definition) is 1. The highest BCUT2D eigenvalue weighted by Crippen LogP contribution is 2.46. The molecule has 8 heteroatoms. The summed E-state index contributed by atoms with van der Waals surface area (Å²) < 4.78 is 23.3. The quantitative estimate of drug-likeness (QED) is 0.339. The van der Waals surface area contributed by atoms with Gasteiger partial charge < -0.3 is 24.7 Å². The smallest absolute Gasteiger partial charge is 0.349 e. The molecule has 35 heavy (non-hydrogen) atoms. The van der Waals surface area contributed by atoms with E-state index >= 15 is 0 Å². The molecule has 0 bridgehead atoms. The minimum atomic E-state index is -0.560. The average molecular weight is 535 g/mol. The van der Waals surface area contributed by atoms with Crippen molar-refractivity contribution in [3.05, 3.63) is 92.8 Å². The van der Waals surface area contributed by atoms with Gasteiger partial charge in [-0.25, -0.2) is 4.79 Å². The van der Waals surface area contributed by atoms with Crippen LogP contribution in [0, 0.1) is 25.2 Å². The number of methoxy groups -OCH3 is 1. The zero-order valence-corrected chi connectivity index (χ0v) is 21.0. The summed E-state index contributed by atoms with van der Waals surface area (Å²) in [4.78, 5) is 12.5. The van der Waals surface area contributed by atoms with Crippen molar-refractivity contribution in [2.45, 2.75) is 19.8 Å². The van der Waals surface area contributed by atoms with Crippen LogP contribution in [-0.2, 0) is 4.79 Å². The molecule has 0 spiro atoms. The van der Waals surface area contributed by atoms with Crippen LogP contribution in [0.1, 0.15) is 28.2 Å². The van der Waals surface area contributed by atoms with Gasteiger partial charge in [-0.15, -0.1) is 0 Å². The second kappa shape index (κ2) is 10.1. The fourth-order valence-corrected chi connectivity index (χ4v) is 4.45. The third kappa shape index (κ3) is 4.96. The molecule has 0 fully saturated rings. The largest absolute Gasteiger partial charge is 0.496 e. The third-order valence-electron chi connectivity index (χ3n) is 5.67. The predicted octanol–water partition coefficient (Wildman–Crippen LogP) is 5.28. The van der Waals surface area contributed by atoms with Gasteiger partial charge in [0.05, 0.1) is 13.0 Å². The first-order chi connectivity index (χ1) is 16.8. The molecule has 2 N–H and O–H groups in total. The maximum Gasteiger partial charge on any atom is 0.349 e. The lowest BCUT2D eigenvalue weighted by atomic mass is 9.83. The highest BCUT2D eigenvalue weighted by Gasteiger charge is 2.33. The predicted molar refractivity (Wildman–Crippen MR) is 133 cm³/mol. The van der Waals surface area contributed by atoms with E-state index in [1.807, 2.05) is 50.2 Å². The van der Waals surface area contributed by atoms with E-state index in [2.05, 4.69) is 22.0 Å². The fraction of sp³-hybridized carbons (Fsp3) is 0.185. The maximum atomic E-state index is 12.5. The number of nitrogens with zero attached hydrogens (tertiary/aromatic N) is 1. The Kier molecular flexibility index (Phi) is 6.99. The van der Waals surface area contributed by atoms with Gasteiger partial charge in [0, 0.05) is 21.7 Å². The molecule has 7 nitrogen and oxygen atoms in total. The summed E-state index contributed by atoms with van der Waals surface area (Å²) in [5, 5.41) is 9.81. The van der Waals surface area contributed by atoms with E-state index in [9.17, 15) is 10.1 Å². The topological polar surface area (TPSA) is 104 Å². The van der Waals surface area contributed by atoms with E-state index in [1.165, 1.54) is 0 Å². The molecule has 1 atom stereocenters. The van der Waals surface area contributed by atoms with Crippen LogP contribution in [0.2, 0.25) is 0 Å². The number of benzene rings is 3. The summed E-state index contributed by atoms with van der Waals surface area (Å²) >= 11 is 3.48. The van der Waals surface area contributed by atoms with Gasteiger partial charge in [-0.3, -0.25) is 0 Å². The first-order valence-electron chi connectivity index (χ1n) is 10.8. The Balaban J connectivity index is 1.60. The molecule has 1 heterocycles. The van der Waals surface area contributed by atoms with E-state index in [1.54, 1.807) is 25.3 Å². The molecule has 0 aromatic heterocycles. The van der Waals surface area contributed by atoms with Gasteiger partial charge in [0.15, 0.2) is 6.61 Å². The summed E-state index contributed by atoms with van der Waals surface area (Å²) in [6.07, 6.45) is 0. The summed E-state index contributed by atoms with van der Waals surface area (Å²) in [6.45, 7) is 3.58. The normalized spacial score (nSPS) is 14.4. The zero-order chi connectivity index (χ0) is 25.1. The number of nitriles is 1. The molecule has 0 saturated carbocycles. The van der Waals surface area contributed by atoms with Gasteiger partial charge in [-0.2, -0.15) is 5.26 Å². The van der Waals surface area contributed by atoms with Crippen molar-refractivity contribution in [1.82, 2.24) is 0 Å². The van der Waals surface area contributed by atoms with Crippen LogP contribution in [-0.4, -0.2) is 19.7 Å². The number of ether oxygens (including phenoxy) is 4. The number of para-hydroxylation sites is 1. The van der Waals surface area contributed by atoms with Crippen LogP contribution in [0.15, 0.2) is 70.5 Å². The molecule has 3 aromatic carbocycles. The summed E-state index contributed by atoms with van der Waals surface area (Å²) in [5.74, 6) is 0.815. The van der Waals surface area contributed by atoms with Gasteiger partial charge in [0.25, 0.3) is 0 Å². The third-order valence-corrected chi connectivity index (χ3v) is 6.16. The van der Waals surface area contributed by atoms with Crippen molar-refractivity contribution >= 4 is 21.9 Å². The molecule has 1 aliphatic heterocycles. The van der Waals surface area contributed by atoms with Crippen LogP contribution in [0.3, 0.4) is 0 Å². The Morgan fingerprint density at radius 3 is 2.54 bits per heavy atom. The zero-order valence-electron chi connectivity index (χ0n) is 19.4. The first kappa shape index (κ1) is 24.2. The second-order valence-corrected chi connectivity index (χ2v) is 8.91. The summed E-state index contributed by atoms with van der Waals surface area (Å²) in [5.41, 5.74) is 9.68. The van der Waals surface area contributed by atoms with Crippen molar-refractivity contribution in [1.29, 1.82) is 5.26 Å². The number of carbonyl (C=O) groups is 1. The van der Waals surface area contributed by atoms with Crippen molar-refractivity contribution < 1.29 is 23.7 Å². The van der Waals surface area contributed by atoms with E-state index in [-0.39, 0.29) is 23.8 Å². The number of aryl methyl sites for hydroxylation is 2. The van der Waals surface area contributed by atoms with Gasteiger partial charge in [-0.1, -0.05) is 40.2 Å². The number of esters is 1. The number of halogens is 1. The number of fused-ring (bicyclic) bond motifs is 1. The lowest BCUT2D eigenvalue weighted by molar-refractivity contribution is -0.136. The Bertz CT molecular complexity index is 1360. The standard InChI is InChI=1S/C27H23BrN2O5/c1-15-5-4-6-16(2)26(15)33-14-24(31)34-18-8-9-19-23(12-18)35-27(30)21(13-29)25(19)20-11-17(28)7-10-22(20)32-3/h4-12,25H,14,30H2,1-3H3. The van der Waals surface area contributed by atoms with E-state index in [4.69, 9.17) is 24.7 Å². The van der Waals surface area contributed by atoms with E-state index in [0.717, 1.165) is 21.2 Å². The van der Waals surface area contributed by atoms with Crippen LogP contribution >= 0.6 is 15.9 Å². The van der Waals surface area contributed by atoms with Gasteiger partial charge >= 0.3 is 5.97 Å². The van der Waals surface area contributed by atoms with Crippen LogP contribution in [0.5, 0.6) is 23.0 Å². The molecule has 3 aromatic rings. The molecule has 0 aliphatic carbocycles. The van der Waals surface area contributed by atoms with Crippen LogP contribution in [0.25, 0.3) is 0 Å². The van der Waals surface area contributed by atoms with Gasteiger partial charge in [0.1, 0.15) is 34.6 Å². The lowest BCUT2D eigenvalue weighted by Gasteiger charge is -2.27. The molecule has 178 valence electrons. The molecule has 0 saturated heterocycles. The molecule has 0 radical (unpaired) electrons. The Labute approximate surface area is 211 Å². The maximum absolute atomic E-state index is 12.5. The highest BCUT2D eigenvalue weighted by atomic mass is 79.9. The number of hydrogen-bond acceptors (Lipinski definition) is 7. The van der Waals surface area contributed by atoms with Crippen LogP contribution in [0.4, 0.5) is 0 Å². The molecule has 0 amide bonds. The fourth-order valence-electron chi connectivity index (χ4n) is 4.07. The summed E-state index contributed by atoms with van der Waals surface area (Å²) in [6, 6.07) is 18.4. The lowest BCUT2D eigenvalue weighted by Crippen LogP contribution is -2.22. The summed E-state index contributed by atoms with van der Waals surface area (Å²) in [7, 11) is 1.56. The van der Waals surface area contributed by atoms with Gasteiger partial charge in [0.2, 0.25) is 5.88 Å². The van der Waals surface area contributed by atoms with Crippen molar-refractivity contribution in [2.75, 3.05) is 13.7 Å². The molecule has 4 rings (SSSR count). The molecular formula is C27H23BrN2O5. The Hall–Kier alpha value is -3.96. The van der Waals surface area contributed by atoms with Crippen molar-refractivity contribution in [2.24, 2.45) is 5.73 Å². The molecule has 1 unspecified atom stereocenters. The number of allylic oxidation sites excluding steroid dienone is 1. The number of carbonyl (C=O) groups excluding carboxylic acids is 1.